The molecule has 0 heterocycles. The van der Waals surface area contributed by atoms with Crippen LogP contribution >= 0.6 is 0 Å². The van der Waals surface area contributed by atoms with Crippen LogP contribution in [0.1, 0.15) is 37.8 Å². The smallest absolute Gasteiger partial charge is 0.240 e. The van der Waals surface area contributed by atoms with E-state index < -0.39 is 10.0 Å². The van der Waals surface area contributed by atoms with Crippen LogP contribution in [-0.4, -0.2) is 27.4 Å². The normalized spacial score (nSPS) is 11.6. The Balaban J connectivity index is 2.06. The van der Waals surface area contributed by atoms with Crippen molar-refractivity contribution in [2.45, 2.75) is 38.5 Å². The van der Waals surface area contributed by atoms with E-state index in [1.165, 1.54) is 12.5 Å². The molecular weight excluding hydrogens is 348 g/mol. The van der Waals surface area contributed by atoms with E-state index in [1.807, 2.05) is 37.3 Å². The summed E-state index contributed by atoms with van der Waals surface area (Å²) in [5.41, 5.74) is 2.83. The SMILES string of the molecule is CC(=O)N(CCNS(=O)(=O)c1cccc(C)c1)c1ccc(C(C)C)cc1. The van der Waals surface area contributed by atoms with E-state index in [4.69, 9.17) is 0 Å². The largest absolute Gasteiger partial charge is 0.311 e. The van der Waals surface area contributed by atoms with Gasteiger partial charge in [0.15, 0.2) is 0 Å². The molecule has 140 valence electrons. The van der Waals surface area contributed by atoms with Crippen LogP contribution in [0, 0.1) is 6.92 Å². The van der Waals surface area contributed by atoms with Crippen LogP contribution in [0.25, 0.3) is 0 Å². The zero-order valence-corrected chi connectivity index (χ0v) is 16.5. The van der Waals surface area contributed by atoms with Gasteiger partial charge in [-0.2, -0.15) is 0 Å². The van der Waals surface area contributed by atoms with Crippen LogP contribution in [0.15, 0.2) is 53.4 Å². The Morgan fingerprint density at radius 3 is 2.31 bits per heavy atom. The highest BCUT2D eigenvalue weighted by Gasteiger charge is 2.16. The van der Waals surface area contributed by atoms with Gasteiger partial charge in [-0.3, -0.25) is 4.79 Å². The molecule has 2 aromatic carbocycles. The van der Waals surface area contributed by atoms with Gasteiger partial charge >= 0.3 is 0 Å². The summed E-state index contributed by atoms with van der Waals surface area (Å²) >= 11 is 0. The molecule has 26 heavy (non-hydrogen) atoms. The standard InChI is InChI=1S/C20H26N2O3S/c1-15(2)18-8-10-19(11-9-18)22(17(4)23)13-12-21-26(24,25)20-7-5-6-16(3)14-20/h5-11,14-15,21H,12-13H2,1-4H3. The molecule has 0 spiro atoms. The third-order valence-electron chi connectivity index (χ3n) is 4.18. The summed E-state index contributed by atoms with van der Waals surface area (Å²) in [5.74, 6) is 0.285. The number of rotatable bonds is 7. The molecule has 0 atom stereocenters. The van der Waals surface area contributed by atoms with Gasteiger partial charge in [-0.1, -0.05) is 38.1 Å². The number of aryl methyl sites for hydroxylation is 1. The molecule has 2 aromatic rings. The first-order chi connectivity index (χ1) is 12.2. The summed E-state index contributed by atoms with van der Waals surface area (Å²) in [7, 11) is -3.59. The Bertz CT molecular complexity index is 859. The lowest BCUT2D eigenvalue weighted by Crippen LogP contribution is -2.37. The molecule has 0 saturated carbocycles. The topological polar surface area (TPSA) is 66.5 Å². The lowest BCUT2D eigenvalue weighted by Gasteiger charge is -2.22. The van der Waals surface area contributed by atoms with E-state index >= 15 is 0 Å². The van der Waals surface area contributed by atoms with Gasteiger partial charge < -0.3 is 4.90 Å². The molecule has 0 fully saturated rings. The first-order valence-electron chi connectivity index (χ1n) is 8.65. The summed E-state index contributed by atoms with van der Waals surface area (Å²) in [5, 5.41) is 0. The number of sulfonamides is 1. The van der Waals surface area contributed by atoms with Gasteiger partial charge in [0, 0.05) is 25.7 Å². The molecule has 0 aliphatic rings. The average molecular weight is 375 g/mol. The zero-order valence-electron chi connectivity index (χ0n) is 15.7. The fourth-order valence-electron chi connectivity index (χ4n) is 2.67. The molecule has 0 aromatic heterocycles. The summed E-state index contributed by atoms with van der Waals surface area (Å²) < 4.78 is 27.3. The van der Waals surface area contributed by atoms with Gasteiger partial charge in [-0.25, -0.2) is 13.1 Å². The Morgan fingerprint density at radius 1 is 1.12 bits per heavy atom. The summed E-state index contributed by atoms with van der Waals surface area (Å²) in [6, 6.07) is 14.5. The first-order valence-corrected chi connectivity index (χ1v) is 10.1. The van der Waals surface area contributed by atoms with Crippen LogP contribution in [0.3, 0.4) is 0 Å². The predicted molar refractivity (Wildman–Crippen MR) is 105 cm³/mol. The van der Waals surface area contributed by atoms with Crippen molar-refractivity contribution < 1.29 is 13.2 Å². The van der Waals surface area contributed by atoms with E-state index in [2.05, 4.69) is 18.6 Å². The van der Waals surface area contributed by atoms with Crippen LogP contribution in [0.4, 0.5) is 5.69 Å². The van der Waals surface area contributed by atoms with Crippen molar-refractivity contribution >= 4 is 21.6 Å². The molecule has 0 aliphatic carbocycles. The second-order valence-corrected chi connectivity index (χ2v) is 8.40. The monoisotopic (exact) mass is 374 g/mol. The third kappa shape index (κ3) is 5.16. The average Bonchev–Trinajstić information content (AvgIpc) is 2.58. The number of carbonyl (C=O) groups is 1. The van der Waals surface area contributed by atoms with Crippen molar-refractivity contribution in [1.29, 1.82) is 0 Å². The van der Waals surface area contributed by atoms with E-state index in [1.54, 1.807) is 23.1 Å². The van der Waals surface area contributed by atoms with Crippen LogP contribution in [0.2, 0.25) is 0 Å². The van der Waals surface area contributed by atoms with Gasteiger partial charge in [0.25, 0.3) is 0 Å². The van der Waals surface area contributed by atoms with Crippen molar-refractivity contribution in [3.8, 4) is 0 Å². The van der Waals surface area contributed by atoms with Crippen molar-refractivity contribution in [3.05, 3.63) is 59.7 Å². The molecule has 5 nitrogen and oxygen atoms in total. The molecule has 1 amide bonds. The van der Waals surface area contributed by atoms with Crippen molar-refractivity contribution in [1.82, 2.24) is 4.72 Å². The number of hydrogen-bond donors (Lipinski definition) is 1. The van der Waals surface area contributed by atoms with Crippen molar-refractivity contribution in [2.75, 3.05) is 18.0 Å². The highest BCUT2D eigenvalue weighted by molar-refractivity contribution is 7.89. The third-order valence-corrected chi connectivity index (χ3v) is 5.64. The van der Waals surface area contributed by atoms with Gasteiger partial charge in [0.05, 0.1) is 4.90 Å². The number of nitrogens with one attached hydrogen (secondary N) is 1. The van der Waals surface area contributed by atoms with E-state index in [0.29, 0.717) is 5.92 Å². The fourth-order valence-corrected chi connectivity index (χ4v) is 3.79. The quantitative estimate of drug-likeness (QED) is 0.807. The van der Waals surface area contributed by atoms with Gasteiger partial charge in [-0.05, 0) is 48.2 Å². The van der Waals surface area contributed by atoms with E-state index in [0.717, 1.165) is 11.3 Å². The maximum atomic E-state index is 12.4. The van der Waals surface area contributed by atoms with E-state index in [-0.39, 0.29) is 23.9 Å². The molecule has 6 heteroatoms. The highest BCUT2D eigenvalue weighted by atomic mass is 32.2. The van der Waals surface area contributed by atoms with Crippen molar-refractivity contribution in [2.24, 2.45) is 0 Å². The Morgan fingerprint density at radius 2 is 1.77 bits per heavy atom. The van der Waals surface area contributed by atoms with Crippen LogP contribution < -0.4 is 9.62 Å². The maximum absolute atomic E-state index is 12.4. The number of nitrogens with zero attached hydrogens (tertiary/aromatic N) is 1. The van der Waals surface area contributed by atoms with Crippen LogP contribution in [-0.2, 0) is 14.8 Å². The number of carbonyl (C=O) groups excluding carboxylic acids is 1. The summed E-state index contributed by atoms with van der Waals surface area (Å²) in [6.45, 7) is 7.95. The molecule has 0 radical (unpaired) electrons. The fraction of sp³-hybridized carbons (Fsp3) is 0.350. The minimum atomic E-state index is -3.59. The first kappa shape index (κ1) is 20.1. The number of benzene rings is 2. The van der Waals surface area contributed by atoms with Crippen molar-refractivity contribution in [3.63, 3.8) is 0 Å². The molecule has 2 rings (SSSR count). The van der Waals surface area contributed by atoms with Gasteiger partial charge in [-0.15, -0.1) is 0 Å². The molecule has 1 N–H and O–H groups in total. The number of anilines is 1. The summed E-state index contributed by atoms with van der Waals surface area (Å²) in [6.07, 6.45) is 0. The summed E-state index contributed by atoms with van der Waals surface area (Å²) in [4.78, 5) is 13.8. The Kier molecular flexibility index (Phi) is 6.56. The van der Waals surface area contributed by atoms with Crippen LogP contribution in [0.5, 0.6) is 0 Å². The second kappa shape index (κ2) is 8.47. The minimum Gasteiger partial charge on any atom is -0.311 e. The number of hydrogen-bond acceptors (Lipinski definition) is 3. The number of amides is 1. The molecule has 0 saturated heterocycles. The second-order valence-electron chi connectivity index (χ2n) is 6.63. The molecule has 0 unspecified atom stereocenters. The maximum Gasteiger partial charge on any atom is 0.240 e. The molecular formula is C20H26N2O3S. The lowest BCUT2D eigenvalue weighted by atomic mass is 10.0. The Hall–Kier alpha value is -2.18. The van der Waals surface area contributed by atoms with Gasteiger partial charge in [0.2, 0.25) is 15.9 Å². The highest BCUT2D eigenvalue weighted by Crippen LogP contribution is 2.20. The molecule has 0 bridgehead atoms. The zero-order chi connectivity index (χ0) is 19.3. The predicted octanol–water partition coefficient (Wildman–Crippen LogP) is 3.45. The Labute approximate surface area is 156 Å². The van der Waals surface area contributed by atoms with Gasteiger partial charge in [0.1, 0.15) is 0 Å². The molecule has 0 aliphatic heterocycles. The lowest BCUT2D eigenvalue weighted by molar-refractivity contribution is -0.116. The van der Waals surface area contributed by atoms with E-state index in [9.17, 15) is 13.2 Å². The minimum absolute atomic E-state index is 0.128.